The van der Waals surface area contributed by atoms with Crippen molar-refractivity contribution in [2.45, 2.75) is 44.9 Å². The minimum atomic E-state index is -0.521. The Morgan fingerprint density at radius 2 is 1.97 bits per heavy atom. The first kappa shape index (κ1) is 18.9. The molecule has 2 aliphatic rings. The van der Waals surface area contributed by atoms with Gasteiger partial charge in [0.15, 0.2) is 6.61 Å². The standard InChI is InChI=1S/C23H21N3O3S/c24-11-17-15-5-3-7-20(15)30-22(17)26-21(27)12-29-23(28)13-8-9-19-16(10-13)14-4-1-2-6-18(14)25-19/h8-10,25H,1-7,12H2,(H,26,27). The van der Waals surface area contributed by atoms with Gasteiger partial charge in [0, 0.05) is 21.5 Å². The van der Waals surface area contributed by atoms with E-state index in [0.717, 1.165) is 55.0 Å². The van der Waals surface area contributed by atoms with Crippen LogP contribution in [0.1, 0.15) is 56.9 Å². The summed E-state index contributed by atoms with van der Waals surface area (Å²) in [5.41, 5.74) is 5.63. The largest absolute Gasteiger partial charge is 0.452 e. The summed E-state index contributed by atoms with van der Waals surface area (Å²) in [4.78, 5) is 29.4. The Morgan fingerprint density at radius 3 is 2.83 bits per heavy atom. The summed E-state index contributed by atoms with van der Waals surface area (Å²) in [7, 11) is 0. The van der Waals surface area contributed by atoms with E-state index in [-0.39, 0.29) is 6.61 Å². The molecule has 0 atom stereocenters. The number of H-pyrrole nitrogens is 1. The molecule has 30 heavy (non-hydrogen) atoms. The fourth-order valence-corrected chi connectivity index (χ4v) is 5.78. The van der Waals surface area contributed by atoms with Gasteiger partial charge in [0.05, 0.1) is 11.1 Å². The van der Waals surface area contributed by atoms with E-state index in [0.29, 0.717) is 16.1 Å². The van der Waals surface area contributed by atoms with Crippen LogP contribution < -0.4 is 5.32 Å². The molecule has 0 unspecified atom stereocenters. The van der Waals surface area contributed by atoms with Crippen LogP contribution in [-0.2, 0) is 35.2 Å². The first-order chi connectivity index (χ1) is 14.6. The van der Waals surface area contributed by atoms with Crippen molar-refractivity contribution in [2.24, 2.45) is 0 Å². The van der Waals surface area contributed by atoms with Crippen LogP contribution >= 0.6 is 11.3 Å². The van der Waals surface area contributed by atoms with Gasteiger partial charge in [0.2, 0.25) is 0 Å². The Bertz CT molecular complexity index is 1210. The van der Waals surface area contributed by atoms with Gasteiger partial charge in [-0.25, -0.2) is 4.79 Å². The van der Waals surface area contributed by atoms with Crippen molar-refractivity contribution in [2.75, 3.05) is 11.9 Å². The van der Waals surface area contributed by atoms with Gasteiger partial charge < -0.3 is 15.0 Å². The number of ether oxygens (including phenoxy) is 1. The number of carbonyl (C=O) groups is 2. The van der Waals surface area contributed by atoms with E-state index >= 15 is 0 Å². The lowest BCUT2D eigenvalue weighted by molar-refractivity contribution is -0.119. The van der Waals surface area contributed by atoms with Crippen LogP contribution in [0.15, 0.2) is 18.2 Å². The molecule has 0 saturated heterocycles. The number of aromatic nitrogens is 1. The van der Waals surface area contributed by atoms with E-state index in [1.54, 1.807) is 6.07 Å². The molecule has 1 amide bonds. The highest BCUT2D eigenvalue weighted by molar-refractivity contribution is 7.16. The molecule has 1 aromatic carbocycles. The Labute approximate surface area is 177 Å². The van der Waals surface area contributed by atoms with Crippen molar-refractivity contribution in [1.82, 2.24) is 4.98 Å². The molecule has 2 heterocycles. The average Bonchev–Trinajstić information content (AvgIpc) is 3.44. The average molecular weight is 420 g/mol. The van der Waals surface area contributed by atoms with E-state index in [2.05, 4.69) is 16.4 Å². The van der Waals surface area contributed by atoms with Crippen molar-refractivity contribution >= 4 is 39.1 Å². The molecule has 3 aromatic rings. The highest BCUT2D eigenvalue weighted by Crippen LogP contribution is 2.38. The summed E-state index contributed by atoms with van der Waals surface area (Å²) in [6.45, 7) is -0.379. The number of aryl methyl sites for hydroxylation is 3. The molecule has 0 radical (unpaired) electrons. The van der Waals surface area contributed by atoms with Gasteiger partial charge in [-0.1, -0.05) is 0 Å². The Balaban J connectivity index is 1.26. The van der Waals surface area contributed by atoms with Crippen LogP contribution in [0.2, 0.25) is 0 Å². The Hall–Kier alpha value is -3.11. The minimum Gasteiger partial charge on any atom is -0.452 e. The Kier molecular flexibility index (Phi) is 4.80. The number of benzene rings is 1. The van der Waals surface area contributed by atoms with E-state index in [4.69, 9.17) is 4.74 Å². The van der Waals surface area contributed by atoms with Crippen molar-refractivity contribution in [1.29, 1.82) is 5.26 Å². The number of carbonyl (C=O) groups excluding carboxylic acids is 2. The number of hydrogen-bond acceptors (Lipinski definition) is 5. The first-order valence-corrected chi connectivity index (χ1v) is 11.1. The van der Waals surface area contributed by atoms with Gasteiger partial charge >= 0.3 is 5.97 Å². The summed E-state index contributed by atoms with van der Waals surface area (Å²) in [5.74, 6) is -0.952. The molecule has 7 heteroatoms. The smallest absolute Gasteiger partial charge is 0.338 e. The van der Waals surface area contributed by atoms with Crippen LogP contribution in [0.3, 0.4) is 0 Å². The molecule has 152 valence electrons. The lowest BCUT2D eigenvalue weighted by Gasteiger charge is -2.10. The molecule has 2 aromatic heterocycles. The van der Waals surface area contributed by atoms with Crippen molar-refractivity contribution in [3.8, 4) is 6.07 Å². The number of aromatic amines is 1. The highest BCUT2D eigenvalue weighted by atomic mass is 32.1. The lowest BCUT2D eigenvalue weighted by atomic mass is 9.95. The van der Waals surface area contributed by atoms with Crippen LogP contribution in [0.5, 0.6) is 0 Å². The number of nitrogens with one attached hydrogen (secondary N) is 2. The monoisotopic (exact) mass is 419 g/mol. The molecule has 0 fully saturated rings. The molecule has 0 saturated carbocycles. The fraction of sp³-hybridized carbons (Fsp3) is 0.348. The molecule has 2 N–H and O–H groups in total. The van der Waals surface area contributed by atoms with Crippen LogP contribution in [0.25, 0.3) is 10.9 Å². The predicted octanol–water partition coefficient (Wildman–Crippen LogP) is 4.26. The number of hydrogen-bond donors (Lipinski definition) is 2. The van der Waals surface area contributed by atoms with Crippen molar-refractivity contribution in [3.05, 3.63) is 51.0 Å². The maximum atomic E-state index is 12.5. The van der Waals surface area contributed by atoms with Gasteiger partial charge in [0.1, 0.15) is 11.1 Å². The lowest BCUT2D eigenvalue weighted by Crippen LogP contribution is -2.21. The summed E-state index contributed by atoms with van der Waals surface area (Å²) in [6, 6.07) is 7.68. The molecule has 6 nitrogen and oxygen atoms in total. The first-order valence-electron chi connectivity index (χ1n) is 10.3. The zero-order chi connectivity index (χ0) is 20.7. The van der Waals surface area contributed by atoms with Crippen molar-refractivity contribution in [3.63, 3.8) is 0 Å². The quantitative estimate of drug-likeness (QED) is 0.618. The Morgan fingerprint density at radius 1 is 1.13 bits per heavy atom. The summed E-state index contributed by atoms with van der Waals surface area (Å²) in [6.07, 6.45) is 7.28. The van der Waals surface area contributed by atoms with Crippen LogP contribution in [-0.4, -0.2) is 23.5 Å². The molecule has 0 aliphatic heterocycles. The molecule has 2 aliphatic carbocycles. The second-order valence-electron chi connectivity index (χ2n) is 7.85. The summed E-state index contributed by atoms with van der Waals surface area (Å²) < 4.78 is 5.24. The predicted molar refractivity (Wildman–Crippen MR) is 115 cm³/mol. The minimum absolute atomic E-state index is 0.379. The second kappa shape index (κ2) is 7.62. The number of amides is 1. The second-order valence-corrected chi connectivity index (χ2v) is 8.95. The van der Waals surface area contributed by atoms with E-state index in [1.807, 2.05) is 12.1 Å². The maximum Gasteiger partial charge on any atom is 0.338 e. The van der Waals surface area contributed by atoms with Gasteiger partial charge in [-0.05, 0) is 74.3 Å². The zero-order valence-corrected chi connectivity index (χ0v) is 17.3. The van der Waals surface area contributed by atoms with Crippen LogP contribution in [0, 0.1) is 11.3 Å². The number of thiophene rings is 1. The van der Waals surface area contributed by atoms with E-state index < -0.39 is 11.9 Å². The highest BCUT2D eigenvalue weighted by Gasteiger charge is 2.23. The van der Waals surface area contributed by atoms with Gasteiger partial charge in [-0.2, -0.15) is 5.26 Å². The SMILES string of the molecule is N#Cc1c(NC(=O)COC(=O)c2ccc3[nH]c4c(c3c2)CCCC4)sc2c1CCC2. The van der Waals surface area contributed by atoms with Gasteiger partial charge in [-0.15, -0.1) is 11.3 Å². The summed E-state index contributed by atoms with van der Waals surface area (Å²) >= 11 is 1.45. The number of rotatable bonds is 4. The zero-order valence-electron chi connectivity index (χ0n) is 16.5. The maximum absolute atomic E-state index is 12.5. The molecular formula is C23H21N3O3S. The fourth-order valence-electron chi connectivity index (χ4n) is 4.52. The third kappa shape index (κ3) is 3.27. The van der Waals surface area contributed by atoms with E-state index in [9.17, 15) is 14.9 Å². The third-order valence-corrected chi connectivity index (χ3v) is 7.16. The van der Waals surface area contributed by atoms with Crippen molar-refractivity contribution < 1.29 is 14.3 Å². The molecular weight excluding hydrogens is 398 g/mol. The number of fused-ring (bicyclic) bond motifs is 4. The number of anilines is 1. The van der Waals surface area contributed by atoms with Crippen LogP contribution in [0.4, 0.5) is 5.00 Å². The number of esters is 1. The molecule has 5 rings (SSSR count). The topological polar surface area (TPSA) is 95.0 Å². The molecule has 0 bridgehead atoms. The van der Waals surface area contributed by atoms with Gasteiger partial charge in [-0.3, -0.25) is 4.79 Å². The number of nitriles is 1. The van der Waals surface area contributed by atoms with Gasteiger partial charge in [0.25, 0.3) is 5.91 Å². The normalized spacial score (nSPS) is 14.8. The summed E-state index contributed by atoms with van der Waals surface area (Å²) in [5, 5.41) is 13.8. The molecule has 0 spiro atoms. The number of nitrogens with zero attached hydrogens (tertiary/aromatic N) is 1. The third-order valence-electron chi connectivity index (χ3n) is 5.95. The van der Waals surface area contributed by atoms with E-state index in [1.165, 1.54) is 33.9 Å².